The average molecular weight is 315 g/mol. The van der Waals surface area contributed by atoms with Crippen molar-refractivity contribution in [3.8, 4) is 5.75 Å². The van der Waals surface area contributed by atoms with Gasteiger partial charge in [-0.2, -0.15) is 0 Å². The lowest BCUT2D eigenvalue weighted by Gasteiger charge is -2.26. The average Bonchev–Trinajstić information content (AvgIpc) is 2.36. The van der Waals surface area contributed by atoms with Crippen molar-refractivity contribution in [3.05, 3.63) is 24.3 Å². The minimum absolute atomic E-state index is 0.100. The van der Waals surface area contributed by atoms with E-state index in [1.165, 1.54) is 4.90 Å². The molecule has 0 bridgehead atoms. The molecule has 0 aromatic heterocycles. The summed E-state index contributed by atoms with van der Waals surface area (Å²) in [6.45, 7) is 7.86. The fourth-order valence-corrected chi connectivity index (χ4v) is 3.52. The SMILES string of the molecule is CCOc1ccc(S(=O)(=O)NCC(C)(C)C[NH+](C)C)cc1. The highest BCUT2D eigenvalue weighted by Gasteiger charge is 2.25. The van der Waals surface area contributed by atoms with Crippen LogP contribution in [0.15, 0.2) is 29.2 Å². The van der Waals surface area contributed by atoms with Gasteiger partial charge in [-0.25, -0.2) is 13.1 Å². The normalized spacial score (nSPS) is 12.7. The number of hydrogen-bond donors (Lipinski definition) is 2. The Hall–Kier alpha value is -1.11. The van der Waals surface area contributed by atoms with Crippen molar-refractivity contribution >= 4 is 10.0 Å². The summed E-state index contributed by atoms with van der Waals surface area (Å²) in [6.07, 6.45) is 0. The minimum atomic E-state index is -3.48. The molecule has 0 aliphatic heterocycles. The number of rotatable bonds is 8. The Morgan fingerprint density at radius 2 is 1.76 bits per heavy atom. The van der Waals surface area contributed by atoms with Gasteiger partial charge in [-0.05, 0) is 31.2 Å². The molecule has 0 atom stereocenters. The van der Waals surface area contributed by atoms with Gasteiger partial charge in [-0.1, -0.05) is 13.8 Å². The second kappa shape index (κ2) is 7.24. The molecule has 2 N–H and O–H groups in total. The fourth-order valence-electron chi connectivity index (χ4n) is 2.28. The summed E-state index contributed by atoms with van der Waals surface area (Å²) in [7, 11) is 0.641. The Morgan fingerprint density at radius 1 is 1.19 bits per heavy atom. The molecular formula is C15H27N2O3S+. The number of benzene rings is 1. The topological polar surface area (TPSA) is 59.8 Å². The molecule has 0 heterocycles. The molecule has 0 radical (unpaired) electrons. The first-order valence-corrected chi connectivity index (χ1v) is 8.66. The number of hydrogen-bond acceptors (Lipinski definition) is 3. The molecule has 5 nitrogen and oxygen atoms in total. The summed E-state index contributed by atoms with van der Waals surface area (Å²) in [4.78, 5) is 1.55. The van der Waals surface area contributed by atoms with Gasteiger partial charge in [0, 0.05) is 12.0 Å². The van der Waals surface area contributed by atoms with Crippen molar-refractivity contribution < 1.29 is 18.1 Å². The van der Waals surface area contributed by atoms with Crippen LogP contribution in [0.1, 0.15) is 20.8 Å². The third kappa shape index (κ3) is 6.03. The number of quaternary nitrogens is 1. The van der Waals surface area contributed by atoms with Crippen molar-refractivity contribution in [2.45, 2.75) is 25.7 Å². The smallest absolute Gasteiger partial charge is 0.240 e. The van der Waals surface area contributed by atoms with Crippen LogP contribution in [-0.4, -0.2) is 42.2 Å². The van der Waals surface area contributed by atoms with Gasteiger partial charge >= 0.3 is 0 Å². The summed E-state index contributed by atoms with van der Waals surface area (Å²) in [5, 5.41) is 0. The predicted molar refractivity (Wildman–Crippen MR) is 84.3 cm³/mol. The zero-order valence-electron chi connectivity index (χ0n) is 13.6. The molecule has 0 aliphatic rings. The van der Waals surface area contributed by atoms with E-state index in [9.17, 15) is 8.42 Å². The standard InChI is InChI=1S/C15H26N2O3S/c1-6-20-13-7-9-14(10-8-13)21(18,19)16-11-15(2,3)12-17(4)5/h7-10,16H,6,11-12H2,1-5H3/p+1. The number of sulfonamides is 1. The van der Waals surface area contributed by atoms with Crippen molar-refractivity contribution in [1.29, 1.82) is 0 Å². The maximum atomic E-state index is 12.3. The Balaban J connectivity index is 2.73. The second-order valence-electron chi connectivity index (χ2n) is 6.28. The third-order valence-electron chi connectivity index (χ3n) is 3.02. The zero-order chi connectivity index (χ0) is 16.1. The quantitative estimate of drug-likeness (QED) is 0.736. The van der Waals surface area contributed by atoms with E-state index in [4.69, 9.17) is 4.74 Å². The summed E-state index contributed by atoms with van der Waals surface area (Å²) in [6, 6.07) is 6.48. The highest BCUT2D eigenvalue weighted by molar-refractivity contribution is 7.89. The lowest BCUT2D eigenvalue weighted by atomic mass is 9.93. The van der Waals surface area contributed by atoms with Gasteiger partial charge in [-0.15, -0.1) is 0 Å². The minimum Gasteiger partial charge on any atom is -0.494 e. The Labute approximate surface area is 128 Å². The summed E-state index contributed by atoms with van der Waals surface area (Å²) >= 11 is 0. The molecule has 0 saturated heterocycles. The van der Waals surface area contributed by atoms with Gasteiger partial charge < -0.3 is 9.64 Å². The fraction of sp³-hybridized carbons (Fsp3) is 0.600. The van der Waals surface area contributed by atoms with Crippen LogP contribution >= 0.6 is 0 Å². The van der Waals surface area contributed by atoms with E-state index in [2.05, 4.69) is 32.7 Å². The van der Waals surface area contributed by atoms with Gasteiger partial charge in [0.2, 0.25) is 10.0 Å². The molecule has 1 aromatic rings. The Bertz CT molecular complexity index is 537. The van der Waals surface area contributed by atoms with Gasteiger partial charge in [0.25, 0.3) is 0 Å². The van der Waals surface area contributed by atoms with Crippen LogP contribution in [0.5, 0.6) is 5.75 Å². The van der Waals surface area contributed by atoms with Crippen LogP contribution in [0.4, 0.5) is 0 Å². The van der Waals surface area contributed by atoms with Crippen LogP contribution < -0.4 is 14.4 Å². The number of nitrogens with one attached hydrogen (secondary N) is 2. The van der Waals surface area contributed by atoms with Gasteiger partial charge in [0.05, 0.1) is 32.1 Å². The van der Waals surface area contributed by atoms with Crippen LogP contribution in [-0.2, 0) is 10.0 Å². The van der Waals surface area contributed by atoms with Crippen molar-refractivity contribution in [3.63, 3.8) is 0 Å². The predicted octanol–water partition coefficient (Wildman–Crippen LogP) is 0.534. The largest absolute Gasteiger partial charge is 0.494 e. The van der Waals surface area contributed by atoms with Crippen molar-refractivity contribution in [1.82, 2.24) is 4.72 Å². The summed E-state index contributed by atoms with van der Waals surface area (Å²) in [5.41, 5.74) is -0.100. The molecule has 21 heavy (non-hydrogen) atoms. The van der Waals surface area contributed by atoms with E-state index in [0.717, 1.165) is 6.54 Å². The van der Waals surface area contributed by atoms with Crippen LogP contribution in [0.25, 0.3) is 0 Å². The number of ether oxygens (including phenoxy) is 1. The van der Waals surface area contributed by atoms with E-state index >= 15 is 0 Å². The van der Waals surface area contributed by atoms with E-state index in [0.29, 0.717) is 18.9 Å². The summed E-state index contributed by atoms with van der Waals surface area (Å²) < 4.78 is 32.6. The molecule has 0 amide bonds. The molecular weight excluding hydrogens is 288 g/mol. The molecule has 0 spiro atoms. The molecule has 0 unspecified atom stereocenters. The highest BCUT2D eigenvalue weighted by atomic mass is 32.2. The van der Waals surface area contributed by atoms with Crippen molar-refractivity contribution in [2.75, 3.05) is 33.8 Å². The maximum Gasteiger partial charge on any atom is 0.240 e. The zero-order valence-corrected chi connectivity index (χ0v) is 14.4. The molecule has 1 rings (SSSR count). The molecule has 0 saturated carbocycles. The lowest BCUT2D eigenvalue weighted by molar-refractivity contribution is -0.865. The van der Waals surface area contributed by atoms with Crippen LogP contribution in [0, 0.1) is 5.41 Å². The Morgan fingerprint density at radius 3 is 2.24 bits per heavy atom. The van der Waals surface area contributed by atoms with Gasteiger partial charge in [-0.3, -0.25) is 0 Å². The van der Waals surface area contributed by atoms with E-state index in [1.54, 1.807) is 24.3 Å². The van der Waals surface area contributed by atoms with Crippen LogP contribution in [0.2, 0.25) is 0 Å². The first-order valence-electron chi connectivity index (χ1n) is 7.18. The van der Waals surface area contributed by atoms with Gasteiger partial charge in [0.15, 0.2) is 0 Å². The van der Waals surface area contributed by atoms with E-state index in [1.807, 2.05) is 6.92 Å². The summed E-state index contributed by atoms with van der Waals surface area (Å²) in [5.74, 6) is 0.674. The highest BCUT2D eigenvalue weighted by Crippen LogP contribution is 2.17. The second-order valence-corrected chi connectivity index (χ2v) is 8.04. The van der Waals surface area contributed by atoms with Crippen molar-refractivity contribution in [2.24, 2.45) is 5.41 Å². The van der Waals surface area contributed by atoms with E-state index in [-0.39, 0.29) is 10.3 Å². The first kappa shape index (κ1) is 17.9. The maximum absolute atomic E-state index is 12.3. The lowest BCUT2D eigenvalue weighted by Crippen LogP contribution is -3.07. The molecule has 120 valence electrons. The molecule has 6 heteroatoms. The van der Waals surface area contributed by atoms with Gasteiger partial charge in [0.1, 0.15) is 5.75 Å². The molecule has 1 aromatic carbocycles. The molecule has 0 aliphatic carbocycles. The van der Waals surface area contributed by atoms with Crippen LogP contribution in [0.3, 0.4) is 0 Å². The van der Waals surface area contributed by atoms with E-state index < -0.39 is 10.0 Å². The molecule has 0 fully saturated rings. The third-order valence-corrected chi connectivity index (χ3v) is 4.44. The Kier molecular flexibility index (Phi) is 6.19. The monoisotopic (exact) mass is 315 g/mol. The first-order chi connectivity index (χ1) is 9.66.